The van der Waals surface area contributed by atoms with Crippen LogP contribution < -0.4 is 5.32 Å². The Labute approximate surface area is 135 Å². The third kappa shape index (κ3) is 3.42. The van der Waals surface area contributed by atoms with E-state index in [-0.39, 0.29) is 0 Å². The van der Waals surface area contributed by atoms with Gasteiger partial charge in [-0.2, -0.15) is 0 Å². The molecule has 2 saturated carbocycles. The highest BCUT2D eigenvalue weighted by Gasteiger charge is 2.37. The molecule has 22 heavy (non-hydrogen) atoms. The minimum absolute atomic E-state index is 0.303. The third-order valence-electron chi connectivity index (χ3n) is 6.42. The molecule has 1 aliphatic heterocycles. The SMILES string of the molecule is CN=C(NCC1(CCO)CCCC1)N1CC2CCCCC2C1. The van der Waals surface area contributed by atoms with E-state index in [1.807, 2.05) is 7.05 Å². The lowest BCUT2D eigenvalue weighted by Gasteiger charge is -2.31. The second-order valence-corrected chi connectivity index (χ2v) is 7.79. The molecular weight excluding hydrogens is 274 g/mol. The summed E-state index contributed by atoms with van der Waals surface area (Å²) in [5, 5.41) is 13.1. The van der Waals surface area contributed by atoms with E-state index in [0.29, 0.717) is 12.0 Å². The van der Waals surface area contributed by atoms with E-state index < -0.39 is 0 Å². The number of aliphatic hydroxyl groups excluding tert-OH is 1. The Kier molecular flexibility index (Phi) is 5.27. The normalized spacial score (nSPS) is 31.4. The summed E-state index contributed by atoms with van der Waals surface area (Å²) < 4.78 is 0. The lowest BCUT2D eigenvalue weighted by atomic mass is 9.82. The second-order valence-electron chi connectivity index (χ2n) is 7.79. The summed E-state index contributed by atoms with van der Waals surface area (Å²) in [6.07, 6.45) is 11.7. The summed E-state index contributed by atoms with van der Waals surface area (Å²) in [4.78, 5) is 7.04. The summed E-state index contributed by atoms with van der Waals surface area (Å²) in [5.41, 5.74) is 0.303. The number of nitrogens with one attached hydrogen (secondary N) is 1. The molecule has 0 aromatic rings. The van der Waals surface area contributed by atoms with Crippen LogP contribution in [0.25, 0.3) is 0 Å². The van der Waals surface area contributed by atoms with Crippen molar-refractivity contribution in [1.29, 1.82) is 0 Å². The summed E-state index contributed by atoms with van der Waals surface area (Å²) >= 11 is 0. The van der Waals surface area contributed by atoms with E-state index in [4.69, 9.17) is 0 Å². The van der Waals surface area contributed by atoms with Crippen molar-refractivity contribution in [2.75, 3.05) is 33.3 Å². The van der Waals surface area contributed by atoms with Crippen LogP contribution in [-0.4, -0.2) is 49.3 Å². The zero-order valence-electron chi connectivity index (χ0n) is 14.2. The molecule has 0 aromatic carbocycles. The molecule has 4 nitrogen and oxygen atoms in total. The second kappa shape index (κ2) is 7.20. The van der Waals surface area contributed by atoms with E-state index in [9.17, 15) is 5.11 Å². The molecule has 1 saturated heterocycles. The molecule has 2 N–H and O–H groups in total. The molecule has 4 heteroatoms. The van der Waals surface area contributed by atoms with Crippen molar-refractivity contribution in [3.63, 3.8) is 0 Å². The number of aliphatic hydroxyl groups is 1. The summed E-state index contributed by atoms with van der Waals surface area (Å²) in [6.45, 7) is 3.68. The van der Waals surface area contributed by atoms with Crippen LogP contribution in [0.2, 0.25) is 0 Å². The highest BCUT2D eigenvalue weighted by molar-refractivity contribution is 5.80. The number of nitrogens with zero attached hydrogens (tertiary/aromatic N) is 2. The van der Waals surface area contributed by atoms with Gasteiger partial charge >= 0.3 is 0 Å². The Hall–Kier alpha value is -0.770. The number of hydrogen-bond acceptors (Lipinski definition) is 2. The minimum atomic E-state index is 0.303. The quantitative estimate of drug-likeness (QED) is 0.620. The summed E-state index contributed by atoms with van der Waals surface area (Å²) in [6, 6.07) is 0. The fourth-order valence-corrected chi connectivity index (χ4v) is 5.05. The predicted octanol–water partition coefficient (Wildman–Crippen LogP) is 2.63. The molecule has 2 aliphatic carbocycles. The van der Waals surface area contributed by atoms with Gasteiger partial charge < -0.3 is 15.3 Å². The fraction of sp³-hybridized carbons (Fsp3) is 0.944. The van der Waals surface area contributed by atoms with Crippen LogP contribution in [-0.2, 0) is 0 Å². The number of hydrogen-bond donors (Lipinski definition) is 2. The molecule has 0 bridgehead atoms. The van der Waals surface area contributed by atoms with E-state index in [1.54, 1.807) is 0 Å². The van der Waals surface area contributed by atoms with Crippen LogP contribution in [0.4, 0.5) is 0 Å². The molecule has 0 radical (unpaired) electrons. The van der Waals surface area contributed by atoms with Gasteiger partial charge in [-0.1, -0.05) is 25.7 Å². The standard InChI is InChI=1S/C18H33N3O/c1-19-17(20-14-18(10-11-22)8-4-5-9-18)21-12-15-6-2-3-7-16(15)13-21/h15-16,22H,2-14H2,1H3,(H,19,20). The molecule has 2 atom stereocenters. The Morgan fingerprint density at radius 3 is 2.32 bits per heavy atom. The van der Waals surface area contributed by atoms with Gasteiger partial charge in [0.25, 0.3) is 0 Å². The number of aliphatic imine (C=N–C) groups is 1. The van der Waals surface area contributed by atoms with Gasteiger partial charge in [-0.05, 0) is 49.4 Å². The largest absolute Gasteiger partial charge is 0.396 e. The van der Waals surface area contributed by atoms with Crippen molar-refractivity contribution < 1.29 is 5.11 Å². The van der Waals surface area contributed by atoms with Crippen LogP contribution in [0.5, 0.6) is 0 Å². The van der Waals surface area contributed by atoms with Gasteiger partial charge in [0.1, 0.15) is 0 Å². The Bertz CT molecular complexity index is 376. The maximum Gasteiger partial charge on any atom is 0.193 e. The van der Waals surface area contributed by atoms with Crippen molar-refractivity contribution in [2.45, 2.75) is 57.8 Å². The van der Waals surface area contributed by atoms with E-state index in [2.05, 4.69) is 15.2 Å². The minimum Gasteiger partial charge on any atom is -0.396 e. The van der Waals surface area contributed by atoms with Gasteiger partial charge in [0, 0.05) is 33.3 Å². The maximum absolute atomic E-state index is 9.40. The van der Waals surface area contributed by atoms with Crippen molar-refractivity contribution in [1.82, 2.24) is 10.2 Å². The molecule has 1 heterocycles. The van der Waals surface area contributed by atoms with Gasteiger partial charge in [-0.3, -0.25) is 4.99 Å². The predicted molar refractivity (Wildman–Crippen MR) is 91.0 cm³/mol. The van der Waals surface area contributed by atoms with Crippen LogP contribution in [0.3, 0.4) is 0 Å². The number of fused-ring (bicyclic) bond motifs is 1. The van der Waals surface area contributed by atoms with Crippen LogP contribution in [0.15, 0.2) is 4.99 Å². The molecule has 3 rings (SSSR count). The first-order valence-electron chi connectivity index (χ1n) is 9.33. The topological polar surface area (TPSA) is 47.9 Å². The highest BCUT2D eigenvalue weighted by atomic mass is 16.3. The van der Waals surface area contributed by atoms with Crippen molar-refractivity contribution in [3.05, 3.63) is 0 Å². The highest BCUT2D eigenvalue weighted by Crippen LogP contribution is 2.40. The van der Waals surface area contributed by atoms with E-state index in [0.717, 1.165) is 30.8 Å². The molecule has 3 fully saturated rings. The van der Waals surface area contributed by atoms with Crippen LogP contribution >= 0.6 is 0 Å². The summed E-state index contributed by atoms with van der Waals surface area (Å²) in [5.74, 6) is 2.88. The first kappa shape index (κ1) is 16.1. The monoisotopic (exact) mass is 307 g/mol. The van der Waals surface area contributed by atoms with Crippen molar-refractivity contribution >= 4 is 5.96 Å². The molecule has 0 amide bonds. The molecule has 0 spiro atoms. The zero-order valence-corrected chi connectivity index (χ0v) is 14.2. The lowest BCUT2D eigenvalue weighted by Crippen LogP contribution is -2.45. The van der Waals surface area contributed by atoms with Gasteiger partial charge in [0.05, 0.1) is 0 Å². The maximum atomic E-state index is 9.40. The molecule has 3 aliphatic rings. The van der Waals surface area contributed by atoms with Gasteiger partial charge in [0.2, 0.25) is 0 Å². The number of rotatable bonds is 4. The lowest BCUT2D eigenvalue weighted by molar-refractivity contribution is 0.184. The smallest absolute Gasteiger partial charge is 0.193 e. The molecule has 2 unspecified atom stereocenters. The third-order valence-corrected chi connectivity index (χ3v) is 6.42. The average molecular weight is 307 g/mol. The average Bonchev–Trinajstić information content (AvgIpc) is 3.15. The zero-order chi connectivity index (χ0) is 15.4. The van der Waals surface area contributed by atoms with E-state index in [1.165, 1.54) is 64.5 Å². The van der Waals surface area contributed by atoms with Crippen molar-refractivity contribution in [2.24, 2.45) is 22.2 Å². The van der Waals surface area contributed by atoms with Gasteiger partial charge in [0.15, 0.2) is 5.96 Å². The Balaban J connectivity index is 1.56. The number of likely N-dealkylation sites (tertiary alicyclic amines) is 1. The molecular formula is C18H33N3O. The Morgan fingerprint density at radius 1 is 1.14 bits per heavy atom. The first-order valence-corrected chi connectivity index (χ1v) is 9.33. The molecule has 0 aromatic heterocycles. The van der Waals surface area contributed by atoms with Gasteiger partial charge in [-0.15, -0.1) is 0 Å². The van der Waals surface area contributed by atoms with Crippen molar-refractivity contribution in [3.8, 4) is 0 Å². The van der Waals surface area contributed by atoms with Gasteiger partial charge in [-0.25, -0.2) is 0 Å². The Morgan fingerprint density at radius 2 is 1.77 bits per heavy atom. The van der Waals surface area contributed by atoms with E-state index >= 15 is 0 Å². The number of guanidine groups is 1. The molecule has 126 valence electrons. The first-order chi connectivity index (χ1) is 10.8. The van der Waals surface area contributed by atoms with Crippen LogP contribution in [0, 0.1) is 17.3 Å². The summed E-state index contributed by atoms with van der Waals surface area (Å²) in [7, 11) is 1.91. The van der Waals surface area contributed by atoms with Crippen LogP contribution in [0.1, 0.15) is 57.8 Å². The fourth-order valence-electron chi connectivity index (χ4n) is 5.05.